The van der Waals surface area contributed by atoms with Crippen LogP contribution in [-0.4, -0.2) is 13.2 Å². The van der Waals surface area contributed by atoms with Crippen molar-refractivity contribution >= 4 is 0 Å². The first-order valence-corrected chi connectivity index (χ1v) is 5.67. The molecule has 0 radical (unpaired) electrons. The summed E-state index contributed by atoms with van der Waals surface area (Å²) in [5.74, 6) is 0.434. The predicted octanol–water partition coefficient (Wildman–Crippen LogP) is 3.71. The Kier molecular flexibility index (Phi) is 4.57. The van der Waals surface area contributed by atoms with Crippen molar-refractivity contribution in [2.45, 2.75) is 32.5 Å². The molecule has 0 aliphatic heterocycles. The number of halogens is 3. The fourth-order valence-corrected chi connectivity index (χ4v) is 1.89. The monoisotopic (exact) mass is 245 g/mol. The van der Waals surface area contributed by atoms with Crippen LogP contribution in [0.15, 0.2) is 24.3 Å². The maximum atomic E-state index is 12.7. The highest BCUT2D eigenvalue weighted by Gasteiger charge is 2.39. The van der Waals surface area contributed by atoms with Gasteiger partial charge in [0.05, 0.1) is 0 Å². The standard InChI is InChI=1S/C13H18F3N/c1-9(2)7-10-5-4-6-11(8-10)12(17-3)13(14,15)16/h4-6,8-9,12,17H,7H2,1-3H3. The van der Waals surface area contributed by atoms with Crippen LogP contribution in [-0.2, 0) is 6.42 Å². The van der Waals surface area contributed by atoms with E-state index in [1.54, 1.807) is 12.1 Å². The van der Waals surface area contributed by atoms with Crippen molar-refractivity contribution in [3.05, 3.63) is 35.4 Å². The van der Waals surface area contributed by atoms with E-state index in [0.717, 1.165) is 12.0 Å². The highest BCUT2D eigenvalue weighted by molar-refractivity contribution is 5.27. The summed E-state index contributed by atoms with van der Waals surface area (Å²) in [5, 5.41) is 2.31. The molecule has 0 bridgehead atoms. The molecular weight excluding hydrogens is 227 g/mol. The Labute approximate surface area is 100 Å². The van der Waals surface area contributed by atoms with Crippen molar-refractivity contribution in [1.82, 2.24) is 5.32 Å². The topological polar surface area (TPSA) is 12.0 Å². The molecule has 96 valence electrons. The predicted molar refractivity (Wildman–Crippen MR) is 62.8 cm³/mol. The molecular formula is C13H18F3N. The Hall–Kier alpha value is -1.03. The third-order valence-corrected chi connectivity index (χ3v) is 2.54. The summed E-state index contributed by atoms with van der Waals surface area (Å²) in [6, 6.07) is 5.11. The smallest absolute Gasteiger partial charge is 0.306 e. The number of hydrogen-bond donors (Lipinski definition) is 1. The van der Waals surface area contributed by atoms with E-state index >= 15 is 0 Å². The summed E-state index contributed by atoms with van der Waals surface area (Å²) in [4.78, 5) is 0. The van der Waals surface area contributed by atoms with Gasteiger partial charge in [-0.05, 0) is 30.5 Å². The van der Waals surface area contributed by atoms with E-state index in [-0.39, 0.29) is 5.56 Å². The van der Waals surface area contributed by atoms with Crippen LogP contribution < -0.4 is 5.32 Å². The van der Waals surface area contributed by atoms with Crippen LogP contribution in [0.25, 0.3) is 0 Å². The molecule has 1 aromatic carbocycles. The number of benzene rings is 1. The van der Waals surface area contributed by atoms with Gasteiger partial charge in [-0.1, -0.05) is 38.1 Å². The minimum absolute atomic E-state index is 0.276. The van der Waals surface area contributed by atoms with Crippen LogP contribution in [0.2, 0.25) is 0 Å². The Morgan fingerprint density at radius 2 is 1.88 bits per heavy atom. The summed E-state index contributed by atoms with van der Waals surface area (Å²) in [7, 11) is 1.33. The van der Waals surface area contributed by atoms with Crippen molar-refractivity contribution in [3.8, 4) is 0 Å². The number of nitrogens with one attached hydrogen (secondary N) is 1. The lowest BCUT2D eigenvalue weighted by Gasteiger charge is -2.20. The molecule has 1 aromatic rings. The van der Waals surface area contributed by atoms with Crippen molar-refractivity contribution in [3.63, 3.8) is 0 Å². The molecule has 0 heterocycles. The lowest BCUT2D eigenvalue weighted by atomic mass is 9.98. The SMILES string of the molecule is CNC(c1cccc(CC(C)C)c1)C(F)(F)F. The Morgan fingerprint density at radius 1 is 1.24 bits per heavy atom. The Morgan fingerprint density at radius 3 is 2.35 bits per heavy atom. The van der Waals surface area contributed by atoms with Gasteiger partial charge in [0.2, 0.25) is 0 Å². The van der Waals surface area contributed by atoms with Gasteiger partial charge in [0.15, 0.2) is 0 Å². The average molecular weight is 245 g/mol. The summed E-state index contributed by atoms with van der Waals surface area (Å²) >= 11 is 0. The molecule has 0 aliphatic rings. The minimum Gasteiger partial charge on any atom is -0.306 e. The van der Waals surface area contributed by atoms with E-state index in [4.69, 9.17) is 0 Å². The van der Waals surface area contributed by atoms with Gasteiger partial charge in [0, 0.05) is 0 Å². The van der Waals surface area contributed by atoms with Crippen molar-refractivity contribution in [2.24, 2.45) is 5.92 Å². The highest BCUT2D eigenvalue weighted by atomic mass is 19.4. The molecule has 1 rings (SSSR count). The van der Waals surface area contributed by atoms with E-state index in [1.165, 1.54) is 13.1 Å². The Bertz CT molecular complexity index is 358. The van der Waals surface area contributed by atoms with Crippen LogP contribution in [0.3, 0.4) is 0 Å². The molecule has 1 atom stereocenters. The first-order valence-electron chi connectivity index (χ1n) is 5.67. The number of alkyl halides is 3. The fraction of sp³-hybridized carbons (Fsp3) is 0.538. The first kappa shape index (κ1) is 14.0. The maximum absolute atomic E-state index is 12.7. The molecule has 0 aliphatic carbocycles. The summed E-state index contributed by atoms with van der Waals surface area (Å²) in [5.41, 5.74) is 1.22. The van der Waals surface area contributed by atoms with Crippen LogP contribution in [0, 0.1) is 5.92 Å². The van der Waals surface area contributed by atoms with Crippen LogP contribution in [0.4, 0.5) is 13.2 Å². The van der Waals surface area contributed by atoms with E-state index in [1.807, 2.05) is 19.9 Å². The largest absolute Gasteiger partial charge is 0.407 e. The molecule has 0 spiro atoms. The lowest BCUT2D eigenvalue weighted by Crippen LogP contribution is -2.31. The van der Waals surface area contributed by atoms with Crippen molar-refractivity contribution in [1.29, 1.82) is 0 Å². The summed E-state index contributed by atoms with van der Waals surface area (Å²) in [6.07, 6.45) is -3.46. The van der Waals surface area contributed by atoms with Gasteiger partial charge < -0.3 is 5.32 Å². The normalized spacial score (nSPS) is 14.1. The van der Waals surface area contributed by atoms with E-state index in [2.05, 4.69) is 5.32 Å². The molecule has 0 aromatic heterocycles. The fourth-order valence-electron chi connectivity index (χ4n) is 1.89. The molecule has 1 nitrogen and oxygen atoms in total. The van der Waals surface area contributed by atoms with Crippen molar-refractivity contribution in [2.75, 3.05) is 7.05 Å². The van der Waals surface area contributed by atoms with E-state index in [0.29, 0.717) is 5.92 Å². The van der Waals surface area contributed by atoms with Gasteiger partial charge in [0.1, 0.15) is 6.04 Å². The third kappa shape index (κ3) is 4.04. The van der Waals surface area contributed by atoms with Gasteiger partial charge in [-0.15, -0.1) is 0 Å². The summed E-state index contributed by atoms with van der Waals surface area (Å²) < 4.78 is 38.2. The molecule has 0 fully saturated rings. The maximum Gasteiger partial charge on any atom is 0.407 e. The van der Waals surface area contributed by atoms with Gasteiger partial charge >= 0.3 is 6.18 Å². The van der Waals surface area contributed by atoms with Gasteiger partial charge in [0.25, 0.3) is 0 Å². The van der Waals surface area contributed by atoms with Crippen LogP contribution >= 0.6 is 0 Å². The molecule has 0 saturated carbocycles. The van der Waals surface area contributed by atoms with Crippen LogP contribution in [0.5, 0.6) is 0 Å². The lowest BCUT2D eigenvalue weighted by molar-refractivity contribution is -0.156. The average Bonchev–Trinajstić information content (AvgIpc) is 2.15. The third-order valence-electron chi connectivity index (χ3n) is 2.54. The van der Waals surface area contributed by atoms with Crippen molar-refractivity contribution < 1.29 is 13.2 Å². The van der Waals surface area contributed by atoms with Gasteiger partial charge in [-0.2, -0.15) is 13.2 Å². The quantitative estimate of drug-likeness (QED) is 0.852. The summed E-state index contributed by atoms with van der Waals surface area (Å²) in [6.45, 7) is 4.10. The Balaban J connectivity index is 2.97. The van der Waals surface area contributed by atoms with Gasteiger partial charge in [-0.3, -0.25) is 0 Å². The molecule has 1 N–H and O–H groups in total. The first-order chi connectivity index (χ1) is 7.84. The molecule has 0 amide bonds. The zero-order valence-corrected chi connectivity index (χ0v) is 10.3. The minimum atomic E-state index is -4.26. The number of hydrogen-bond acceptors (Lipinski definition) is 1. The molecule has 4 heteroatoms. The molecule has 1 unspecified atom stereocenters. The van der Waals surface area contributed by atoms with E-state index < -0.39 is 12.2 Å². The molecule has 17 heavy (non-hydrogen) atoms. The zero-order valence-electron chi connectivity index (χ0n) is 10.3. The number of rotatable bonds is 4. The van der Waals surface area contributed by atoms with E-state index in [9.17, 15) is 13.2 Å². The second kappa shape index (κ2) is 5.54. The molecule has 0 saturated heterocycles. The van der Waals surface area contributed by atoms with Gasteiger partial charge in [-0.25, -0.2) is 0 Å². The van der Waals surface area contributed by atoms with Crippen LogP contribution in [0.1, 0.15) is 31.0 Å². The second-order valence-electron chi connectivity index (χ2n) is 4.61. The zero-order chi connectivity index (χ0) is 13.1. The second-order valence-corrected chi connectivity index (χ2v) is 4.61. The highest BCUT2D eigenvalue weighted by Crippen LogP contribution is 2.32.